The van der Waals surface area contributed by atoms with Gasteiger partial charge in [-0.25, -0.2) is 0 Å². The van der Waals surface area contributed by atoms with E-state index in [4.69, 9.17) is 21.1 Å². The predicted molar refractivity (Wildman–Crippen MR) is 216 cm³/mol. The highest BCUT2D eigenvalue weighted by molar-refractivity contribution is 6.32. The van der Waals surface area contributed by atoms with Crippen molar-refractivity contribution in [2.75, 3.05) is 32.2 Å². The molecule has 0 atom stereocenters. The summed E-state index contributed by atoms with van der Waals surface area (Å²) in [5.41, 5.74) is 12.9. The van der Waals surface area contributed by atoms with Crippen LogP contribution in [0.5, 0.6) is 11.5 Å². The smallest absolute Gasteiger partial charge is 0.213 e. The number of benzene rings is 2. The number of allylic oxidation sites excluding steroid dienone is 8. The molecular formula is C46H60ClN2O3+. The molecule has 7 rings (SSSR count). The number of halogens is 1. The maximum Gasteiger partial charge on any atom is 0.213 e. The number of fused-ring (bicyclic) bond motifs is 4. The molecule has 2 heterocycles. The number of aliphatic hydroxyl groups excluding tert-OH is 1. The molecule has 0 unspecified atom stereocenters. The van der Waals surface area contributed by atoms with Crippen molar-refractivity contribution in [2.45, 2.75) is 135 Å². The van der Waals surface area contributed by atoms with Gasteiger partial charge in [0.2, 0.25) is 5.69 Å². The maximum atomic E-state index is 10.3. The van der Waals surface area contributed by atoms with Crippen LogP contribution in [0.3, 0.4) is 0 Å². The Hall–Kier alpha value is -3.28. The van der Waals surface area contributed by atoms with E-state index < -0.39 is 0 Å². The summed E-state index contributed by atoms with van der Waals surface area (Å²) in [5, 5.41) is 11.2. The summed E-state index contributed by atoms with van der Waals surface area (Å²) in [7, 11) is 3.51. The van der Waals surface area contributed by atoms with Crippen LogP contribution in [-0.2, 0) is 17.4 Å². The van der Waals surface area contributed by atoms with Crippen molar-refractivity contribution in [3.63, 3.8) is 0 Å². The van der Waals surface area contributed by atoms with Gasteiger partial charge in [0.1, 0.15) is 18.0 Å². The van der Waals surface area contributed by atoms with Gasteiger partial charge in [0.15, 0.2) is 5.71 Å². The summed E-state index contributed by atoms with van der Waals surface area (Å²) in [4.78, 5) is 2.63. The Kier molecular flexibility index (Phi) is 11.1. The molecule has 2 aromatic carbocycles. The lowest BCUT2D eigenvalue weighted by atomic mass is 9.75. The van der Waals surface area contributed by atoms with Gasteiger partial charge in [-0.05, 0) is 105 Å². The first-order valence-electron chi connectivity index (χ1n) is 20.3. The minimum atomic E-state index is -0.0311. The second-order valence-corrected chi connectivity index (χ2v) is 16.3. The summed E-state index contributed by atoms with van der Waals surface area (Å²) >= 11 is 7.41. The molecule has 5 aliphatic rings. The fourth-order valence-corrected chi connectivity index (χ4v) is 10.6. The number of anilines is 1. The normalized spacial score (nSPS) is 21.9. The van der Waals surface area contributed by atoms with Crippen molar-refractivity contribution in [1.82, 2.24) is 0 Å². The number of hydrogen-bond donors (Lipinski definition) is 1. The first-order valence-corrected chi connectivity index (χ1v) is 20.7. The van der Waals surface area contributed by atoms with Crippen LogP contribution >= 0.6 is 11.6 Å². The summed E-state index contributed by atoms with van der Waals surface area (Å²) in [6.45, 7) is 8.72. The standard InChI is InChI=1S/C46H60ClN2O3/c1-6-8-25-48-38-27-32(3)40(51-4)29-37(38)46(23-12-13-24-46)43(48)20-18-34-16-14-15-33(44(34)47)17-19-42-45(21-10-11-22-45)36-28-35(31-50)41(52-5)30-39(36)49(42)26-9-7-2/h17-20,27-30,50H,6-16,21-26,31H2,1-5H3/q+1. The fraction of sp³-hybridized carbons (Fsp3) is 0.543. The lowest BCUT2D eigenvalue weighted by Crippen LogP contribution is -2.31. The number of methoxy groups -OCH3 is 2. The van der Waals surface area contributed by atoms with Gasteiger partial charge >= 0.3 is 0 Å². The number of aryl methyl sites for hydroxylation is 1. The highest BCUT2D eigenvalue weighted by atomic mass is 35.5. The quantitative estimate of drug-likeness (QED) is 0.221. The van der Waals surface area contributed by atoms with Crippen LogP contribution in [0.2, 0.25) is 0 Å². The van der Waals surface area contributed by atoms with Gasteiger partial charge in [-0.3, -0.25) is 0 Å². The lowest BCUT2D eigenvalue weighted by molar-refractivity contribution is -0.438. The van der Waals surface area contributed by atoms with E-state index in [0.717, 1.165) is 86.6 Å². The third-order valence-corrected chi connectivity index (χ3v) is 13.5. The van der Waals surface area contributed by atoms with Crippen molar-refractivity contribution in [1.29, 1.82) is 0 Å². The molecule has 0 bridgehead atoms. The third kappa shape index (κ3) is 6.28. The van der Waals surface area contributed by atoms with Crippen LogP contribution in [0.4, 0.5) is 11.4 Å². The van der Waals surface area contributed by atoms with Gasteiger partial charge in [-0.2, -0.15) is 4.58 Å². The number of hydrogen-bond acceptors (Lipinski definition) is 4. The summed E-state index contributed by atoms with van der Waals surface area (Å²) in [6, 6.07) is 9.13. The number of nitrogens with zero attached hydrogens (tertiary/aromatic N) is 2. The minimum absolute atomic E-state index is 0.0160. The van der Waals surface area contributed by atoms with Crippen molar-refractivity contribution in [2.24, 2.45) is 0 Å². The summed E-state index contributed by atoms with van der Waals surface area (Å²) < 4.78 is 14.2. The highest BCUT2D eigenvalue weighted by Crippen LogP contribution is 2.58. The number of unbranched alkanes of at least 4 members (excludes halogenated alkanes) is 2. The van der Waals surface area contributed by atoms with Gasteiger partial charge in [-0.15, -0.1) is 0 Å². The molecule has 3 aliphatic carbocycles. The van der Waals surface area contributed by atoms with E-state index in [1.54, 1.807) is 14.2 Å². The van der Waals surface area contributed by atoms with Crippen molar-refractivity contribution >= 4 is 28.7 Å². The van der Waals surface area contributed by atoms with Gasteiger partial charge in [0.25, 0.3) is 0 Å². The van der Waals surface area contributed by atoms with Crippen molar-refractivity contribution < 1.29 is 19.2 Å². The van der Waals surface area contributed by atoms with E-state index in [0.29, 0.717) is 0 Å². The Balaban J connectivity index is 1.28. The first-order chi connectivity index (χ1) is 25.3. The van der Waals surface area contributed by atoms with Crippen molar-refractivity contribution in [3.05, 3.63) is 92.7 Å². The minimum Gasteiger partial charge on any atom is -0.496 e. The molecule has 52 heavy (non-hydrogen) atoms. The lowest BCUT2D eigenvalue weighted by Gasteiger charge is -2.30. The van der Waals surface area contributed by atoms with Gasteiger partial charge in [0.05, 0.1) is 32.3 Å². The molecule has 6 heteroatoms. The topological polar surface area (TPSA) is 44.9 Å². The maximum absolute atomic E-state index is 10.3. The SMILES string of the molecule is CCCCN1/C(=C\C=C2/CCCC(/C=C/C3=[N+](CCCC)c4cc(OC)c(CO)cc4C34CCCC4)=C2Cl)C2(CCCC2)c2cc(OC)c(C)cc21. The fourth-order valence-electron chi connectivity index (χ4n) is 10.3. The Labute approximate surface area is 317 Å². The molecular weight excluding hydrogens is 664 g/mol. The van der Waals surface area contributed by atoms with Crippen molar-refractivity contribution in [3.8, 4) is 11.5 Å². The average Bonchev–Trinajstić information content (AvgIpc) is 3.95. The molecule has 278 valence electrons. The zero-order valence-corrected chi connectivity index (χ0v) is 33.1. The monoisotopic (exact) mass is 723 g/mol. The molecule has 0 aromatic heterocycles. The first kappa shape index (κ1) is 37.1. The Bertz CT molecular complexity index is 1830. The Morgan fingerprint density at radius 1 is 0.827 bits per heavy atom. The van der Waals surface area contributed by atoms with Crippen LogP contribution in [0.15, 0.2) is 70.4 Å². The largest absolute Gasteiger partial charge is 0.496 e. The molecule has 0 amide bonds. The van der Waals surface area contributed by atoms with E-state index in [1.807, 2.05) is 0 Å². The van der Waals surface area contributed by atoms with Crippen LogP contribution in [0.25, 0.3) is 0 Å². The van der Waals surface area contributed by atoms with Crippen LogP contribution in [0, 0.1) is 6.92 Å². The number of ether oxygens (including phenoxy) is 2. The molecule has 2 saturated carbocycles. The number of rotatable bonds is 12. The summed E-state index contributed by atoms with van der Waals surface area (Å²) in [5.74, 6) is 1.77. The zero-order chi connectivity index (χ0) is 36.5. The Morgan fingerprint density at radius 2 is 1.54 bits per heavy atom. The molecule has 2 aliphatic heterocycles. The summed E-state index contributed by atoms with van der Waals surface area (Å²) in [6.07, 6.45) is 26.8. The molecule has 2 fully saturated rings. The number of aliphatic hydroxyl groups is 1. The molecule has 0 saturated heterocycles. The van der Waals surface area contributed by atoms with E-state index in [-0.39, 0.29) is 17.4 Å². The van der Waals surface area contributed by atoms with Gasteiger partial charge < -0.3 is 19.5 Å². The molecule has 2 spiro atoms. The van der Waals surface area contributed by atoms with Gasteiger partial charge in [0, 0.05) is 52.0 Å². The van der Waals surface area contributed by atoms with Crippen LogP contribution in [0.1, 0.15) is 132 Å². The third-order valence-electron chi connectivity index (χ3n) is 13.0. The molecule has 0 radical (unpaired) electrons. The van der Waals surface area contributed by atoms with E-state index in [1.165, 1.54) is 95.6 Å². The molecule has 1 N–H and O–H groups in total. The highest BCUT2D eigenvalue weighted by Gasteiger charge is 2.53. The van der Waals surface area contributed by atoms with Crippen LogP contribution < -0.4 is 14.4 Å². The average molecular weight is 724 g/mol. The molecule has 5 nitrogen and oxygen atoms in total. The van der Waals surface area contributed by atoms with Crippen LogP contribution in [-0.4, -0.2) is 42.7 Å². The Morgan fingerprint density at radius 3 is 2.21 bits per heavy atom. The van der Waals surface area contributed by atoms with Gasteiger partial charge in [-0.1, -0.05) is 76.1 Å². The zero-order valence-electron chi connectivity index (χ0n) is 32.4. The van der Waals surface area contributed by atoms with E-state index >= 15 is 0 Å². The second kappa shape index (κ2) is 15.6. The second-order valence-electron chi connectivity index (χ2n) is 15.9. The molecule has 2 aromatic rings. The van der Waals surface area contributed by atoms with E-state index in [9.17, 15) is 5.11 Å². The van der Waals surface area contributed by atoms with E-state index in [2.05, 4.69) is 78.8 Å². The predicted octanol–water partition coefficient (Wildman–Crippen LogP) is 11.4.